The monoisotopic (exact) mass is 389 g/mol. The molecule has 8 heteroatoms. The Morgan fingerprint density at radius 2 is 1.96 bits per heavy atom. The zero-order valence-electron chi connectivity index (χ0n) is 14.4. The molecule has 0 aliphatic heterocycles. The molecule has 0 aliphatic carbocycles. The van der Waals surface area contributed by atoms with Crippen molar-refractivity contribution < 1.29 is 14.3 Å². The molecular formula is C18H16ClN3O3S. The number of rotatable bonds is 5. The third-order valence-electron chi connectivity index (χ3n) is 3.61. The molecule has 0 bridgehead atoms. The second kappa shape index (κ2) is 7.72. The molecule has 0 atom stereocenters. The Kier molecular flexibility index (Phi) is 5.39. The molecule has 0 fully saturated rings. The van der Waals surface area contributed by atoms with E-state index < -0.39 is 0 Å². The standard InChI is InChI=1S/C18H16ClN3O3S/c1-10-16(26-18(21-10)12-6-4-5-7-20-12)17(23)22-13-8-11(19)14(24-2)9-15(13)25-3/h4-9H,1-3H3,(H,22,23). The normalized spacial score (nSPS) is 10.5. The van der Waals surface area contributed by atoms with Gasteiger partial charge in [-0.1, -0.05) is 17.7 Å². The summed E-state index contributed by atoms with van der Waals surface area (Å²) < 4.78 is 10.5. The van der Waals surface area contributed by atoms with Gasteiger partial charge in [-0.2, -0.15) is 0 Å². The van der Waals surface area contributed by atoms with Gasteiger partial charge in [0.1, 0.15) is 21.4 Å². The van der Waals surface area contributed by atoms with Gasteiger partial charge in [-0.25, -0.2) is 4.98 Å². The predicted octanol–water partition coefficient (Wildman–Crippen LogP) is 4.44. The number of halogens is 1. The van der Waals surface area contributed by atoms with Crippen molar-refractivity contribution in [3.8, 4) is 22.2 Å². The van der Waals surface area contributed by atoms with Crippen LogP contribution in [0.25, 0.3) is 10.7 Å². The van der Waals surface area contributed by atoms with E-state index in [1.54, 1.807) is 25.3 Å². The van der Waals surface area contributed by atoms with Crippen molar-refractivity contribution in [3.05, 3.63) is 52.1 Å². The van der Waals surface area contributed by atoms with Gasteiger partial charge < -0.3 is 14.8 Å². The summed E-state index contributed by atoms with van der Waals surface area (Å²) >= 11 is 7.43. The minimum atomic E-state index is -0.290. The number of carbonyl (C=O) groups excluding carboxylic acids is 1. The van der Waals surface area contributed by atoms with Gasteiger partial charge in [-0.3, -0.25) is 9.78 Å². The van der Waals surface area contributed by atoms with E-state index in [1.165, 1.54) is 25.6 Å². The number of carbonyl (C=O) groups is 1. The maximum Gasteiger partial charge on any atom is 0.267 e. The average Bonchev–Trinajstić information content (AvgIpc) is 3.04. The first kappa shape index (κ1) is 18.2. The minimum Gasteiger partial charge on any atom is -0.495 e. The van der Waals surface area contributed by atoms with Gasteiger partial charge in [0.2, 0.25) is 0 Å². The Hall–Kier alpha value is -2.64. The molecule has 1 aromatic carbocycles. The zero-order valence-corrected chi connectivity index (χ0v) is 15.9. The topological polar surface area (TPSA) is 73.3 Å². The Morgan fingerprint density at radius 1 is 1.19 bits per heavy atom. The van der Waals surface area contributed by atoms with E-state index in [9.17, 15) is 4.79 Å². The van der Waals surface area contributed by atoms with E-state index in [2.05, 4.69) is 15.3 Å². The van der Waals surface area contributed by atoms with E-state index in [0.717, 1.165) is 5.69 Å². The van der Waals surface area contributed by atoms with Crippen LogP contribution in [0.1, 0.15) is 15.4 Å². The predicted molar refractivity (Wildman–Crippen MR) is 103 cm³/mol. The van der Waals surface area contributed by atoms with E-state index >= 15 is 0 Å². The van der Waals surface area contributed by atoms with Crippen LogP contribution in [0.3, 0.4) is 0 Å². The molecule has 3 aromatic rings. The summed E-state index contributed by atoms with van der Waals surface area (Å²) in [6, 6.07) is 8.77. The SMILES string of the molecule is COc1cc(OC)c(NC(=O)c2sc(-c3ccccn3)nc2C)cc1Cl. The van der Waals surface area contributed by atoms with Crippen molar-refractivity contribution in [1.82, 2.24) is 9.97 Å². The van der Waals surface area contributed by atoms with Gasteiger partial charge in [0, 0.05) is 12.3 Å². The number of benzene rings is 1. The molecule has 3 rings (SSSR count). The number of pyridine rings is 1. The first-order valence-electron chi connectivity index (χ1n) is 7.65. The number of hydrogen-bond donors (Lipinski definition) is 1. The molecule has 0 saturated heterocycles. The quantitative estimate of drug-likeness (QED) is 0.698. The van der Waals surface area contributed by atoms with E-state index in [1.807, 2.05) is 18.2 Å². The van der Waals surface area contributed by atoms with Gasteiger partial charge >= 0.3 is 0 Å². The molecule has 6 nitrogen and oxygen atoms in total. The summed E-state index contributed by atoms with van der Waals surface area (Å²) in [5.74, 6) is 0.626. The highest BCUT2D eigenvalue weighted by Crippen LogP contribution is 2.36. The highest BCUT2D eigenvalue weighted by molar-refractivity contribution is 7.17. The minimum absolute atomic E-state index is 0.290. The fourth-order valence-electron chi connectivity index (χ4n) is 2.34. The third kappa shape index (κ3) is 3.63. The maximum atomic E-state index is 12.7. The molecule has 2 heterocycles. The second-order valence-corrected chi connectivity index (χ2v) is 6.70. The molecule has 0 radical (unpaired) electrons. The van der Waals surface area contributed by atoms with Crippen molar-refractivity contribution in [2.45, 2.75) is 6.92 Å². The Balaban J connectivity index is 1.90. The molecule has 2 aromatic heterocycles. The zero-order chi connectivity index (χ0) is 18.7. The highest BCUT2D eigenvalue weighted by Gasteiger charge is 2.19. The lowest BCUT2D eigenvalue weighted by Gasteiger charge is -2.12. The van der Waals surface area contributed by atoms with Crippen LogP contribution in [0.2, 0.25) is 5.02 Å². The number of methoxy groups -OCH3 is 2. The van der Waals surface area contributed by atoms with E-state index in [4.69, 9.17) is 21.1 Å². The molecule has 1 amide bonds. The number of amides is 1. The lowest BCUT2D eigenvalue weighted by atomic mass is 10.2. The number of aromatic nitrogens is 2. The number of anilines is 1. The Labute approximate surface area is 159 Å². The lowest BCUT2D eigenvalue weighted by molar-refractivity contribution is 0.102. The first-order chi connectivity index (χ1) is 12.5. The molecule has 0 unspecified atom stereocenters. The van der Waals surface area contributed by atoms with Crippen molar-refractivity contribution in [2.24, 2.45) is 0 Å². The van der Waals surface area contributed by atoms with Crippen molar-refractivity contribution >= 4 is 34.5 Å². The molecule has 1 N–H and O–H groups in total. The van der Waals surface area contributed by atoms with Crippen LogP contribution in [0, 0.1) is 6.92 Å². The van der Waals surface area contributed by atoms with Crippen LogP contribution >= 0.6 is 22.9 Å². The number of thiazole rings is 1. The number of ether oxygens (including phenoxy) is 2. The fourth-order valence-corrected chi connectivity index (χ4v) is 3.52. The summed E-state index contributed by atoms with van der Waals surface area (Å²) in [5.41, 5.74) is 1.81. The van der Waals surface area contributed by atoms with E-state index in [-0.39, 0.29) is 5.91 Å². The fraction of sp³-hybridized carbons (Fsp3) is 0.167. The average molecular weight is 390 g/mol. The number of nitrogens with zero attached hydrogens (tertiary/aromatic N) is 2. The van der Waals surface area contributed by atoms with Gasteiger partial charge in [-0.15, -0.1) is 11.3 Å². The van der Waals surface area contributed by atoms with Gasteiger partial charge in [0.15, 0.2) is 0 Å². The smallest absolute Gasteiger partial charge is 0.267 e. The molecule has 0 aliphatic rings. The summed E-state index contributed by atoms with van der Waals surface area (Å²) in [7, 11) is 3.02. The van der Waals surface area contributed by atoms with E-state index in [0.29, 0.717) is 37.8 Å². The molecule has 26 heavy (non-hydrogen) atoms. The van der Waals surface area contributed by atoms with Crippen molar-refractivity contribution in [3.63, 3.8) is 0 Å². The highest BCUT2D eigenvalue weighted by atomic mass is 35.5. The van der Waals surface area contributed by atoms with Crippen molar-refractivity contribution in [2.75, 3.05) is 19.5 Å². The van der Waals surface area contributed by atoms with Crippen LogP contribution in [0.5, 0.6) is 11.5 Å². The Morgan fingerprint density at radius 3 is 2.62 bits per heavy atom. The van der Waals surface area contributed by atoms with Gasteiger partial charge in [0.25, 0.3) is 5.91 Å². The van der Waals surface area contributed by atoms with Crippen LogP contribution in [0.15, 0.2) is 36.5 Å². The summed E-state index contributed by atoms with van der Waals surface area (Å²) in [6.07, 6.45) is 1.69. The first-order valence-corrected chi connectivity index (χ1v) is 8.84. The van der Waals surface area contributed by atoms with Gasteiger partial charge in [0.05, 0.1) is 36.3 Å². The third-order valence-corrected chi connectivity index (χ3v) is 5.08. The molecule has 0 spiro atoms. The largest absolute Gasteiger partial charge is 0.495 e. The van der Waals surface area contributed by atoms with Crippen molar-refractivity contribution in [1.29, 1.82) is 0 Å². The summed E-state index contributed by atoms with van der Waals surface area (Å²) in [5, 5.41) is 3.88. The van der Waals surface area contributed by atoms with Crippen LogP contribution < -0.4 is 14.8 Å². The number of hydrogen-bond acceptors (Lipinski definition) is 6. The number of nitrogens with one attached hydrogen (secondary N) is 1. The van der Waals surface area contributed by atoms with Crippen LogP contribution in [0.4, 0.5) is 5.69 Å². The molecule has 134 valence electrons. The second-order valence-electron chi connectivity index (χ2n) is 5.29. The van der Waals surface area contributed by atoms with Gasteiger partial charge in [-0.05, 0) is 25.1 Å². The lowest BCUT2D eigenvalue weighted by Crippen LogP contribution is -2.12. The Bertz CT molecular complexity index is 944. The molecule has 0 saturated carbocycles. The molecular weight excluding hydrogens is 374 g/mol. The van der Waals surface area contributed by atoms with Crippen LogP contribution in [-0.4, -0.2) is 30.1 Å². The summed E-state index contributed by atoms with van der Waals surface area (Å²) in [6.45, 7) is 1.79. The maximum absolute atomic E-state index is 12.7. The number of aryl methyl sites for hydroxylation is 1. The summed E-state index contributed by atoms with van der Waals surface area (Å²) in [4.78, 5) is 21.9. The van der Waals surface area contributed by atoms with Crippen LogP contribution in [-0.2, 0) is 0 Å².